The molecular formula is C22H26N6OS. The number of anilines is 3. The molecule has 3 aromatic rings. The fraction of sp³-hybridized carbons (Fsp3) is 0.364. The van der Waals surface area contributed by atoms with E-state index in [2.05, 4.69) is 31.8 Å². The van der Waals surface area contributed by atoms with Gasteiger partial charge >= 0.3 is 0 Å². The molecule has 0 bridgehead atoms. The monoisotopic (exact) mass is 422 g/mol. The van der Waals surface area contributed by atoms with Gasteiger partial charge in [-0.3, -0.25) is 4.79 Å². The summed E-state index contributed by atoms with van der Waals surface area (Å²) in [6.07, 6.45) is 2.41. The first kappa shape index (κ1) is 20.4. The second-order valence-corrected chi connectivity index (χ2v) is 8.96. The quantitative estimate of drug-likeness (QED) is 0.511. The number of carbonyl (C=O) groups excluding carboxylic acids is 1. The molecule has 0 saturated heterocycles. The van der Waals surface area contributed by atoms with Crippen molar-refractivity contribution in [1.82, 2.24) is 19.5 Å². The van der Waals surface area contributed by atoms with Crippen molar-refractivity contribution in [2.75, 3.05) is 16.8 Å². The highest BCUT2D eigenvalue weighted by Crippen LogP contribution is 2.38. The van der Waals surface area contributed by atoms with Crippen molar-refractivity contribution in [3.63, 3.8) is 0 Å². The Balaban J connectivity index is 1.43. The summed E-state index contributed by atoms with van der Waals surface area (Å²) in [5, 5.41) is 3.05. The van der Waals surface area contributed by atoms with Gasteiger partial charge in [-0.15, -0.1) is 11.8 Å². The van der Waals surface area contributed by atoms with Crippen LogP contribution in [0.25, 0.3) is 0 Å². The first-order valence-corrected chi connectivity index (χ1v) is 11.1. The van der Waals surface area contributed by atoms with E-state index in [0.29, 0.717) is 23.6 Å². The number of ketones is 1. The summed E-state index contributed by atoms with van der Waals surface area (Å²) >= 11 is 1.51. The molecule has 1 fully saturated rings. The average Bonchev–Trinajstić information content (AvgIpc) is 3.50. The van der Waals surface area contributed by atoms with Crippen molar-refractivity contribution in [3.05, 3.63) is 59.2 Å². The van der Waals surface area contributed by atoms with Crippen LogP contribution in [0.3, 0.4) is 0 Å². The number of thioether (sulfide) groups is 1. The molecule has 0 radical (unpaired) electrons. The van der Waals surface area contributed by atoms with Crippen LogP contribution in [0.5, 0.6) is 0 Å². The van der Waals surface area contributed by atoms with Gasteiger partial charge in [-0.1, -0.05) is 18.2 Å². The van der Waals surface area contributed by atoms with Crippen LogP contribution in [0.4, 0.5) is 17.6 Å². The Kier molecular flexibility index (Phi) is 5.76. The van der Waals surface area contributed by atoms with Crippen LogP contribution in [-0.4, -0.2) is 31.1 Å². The van der Waals surface area contributed by atoms with E-state index in [1.807, 2.05) is 50.2 Å². The lowest BCUT2D eigenvalue weighted by molar-refractivity contribution is 0.102. The van der Waals surface area contributed by atoms with Gasteiger partial charge in [-0.2, -0.15) is 15.0 Å². The number of nitrogens with two attached hydrogens (primary N) is 1. The van der Waals surface area contributed by atoms with Crippen molar-refractivity contribution in [3.8, 4) is 0 Å². The number of Topliss-reactive ketones (excluding diaryl/α,β-unsaturated/α-hetero) is 1. The molecule has 0 aliphatic heterocycles. The van der Waals surface area contributed by atoms with Gasteiger partial charge in [0.05, 0.1) is 11.0 Å². The maximum atomic E-state index is 12.9. The Hall–Kier alpha value is -2.87. The zero-order chi connectivity index (χ0) is 21.3. The Morgan fingerprint density at radius 1 is 1.23 bits per heavy atom. The summed E-state index contributed by atoms with van der Waals surface area (Å²) in [6.45, 7) is 6.10. The summed E-state index contributed by atoms with van der Waals surface area (Å²) in [4.78, 5) is 25.8. The van der Waals surface area contributed by atoms with Crippen molar-refractivity contribution < 1.29 is 4.79 Å². The van der Waals surface area contributed by atoms with Crippen molar-refractivity contribution in [2.24, 2.45) is 0 Å². The van der Waals surface area contributed by atoms with E-state index in [0.717, 1.165) is 16.9 Å². The fourth-order valence-electron chi connectivity index (χ4n) is 3.60. The number of rotatable bonds is 8. The molecule has 4 rings (SSSR count). The maximum absolute atomic E-state index is 12.9. The van der Waals surface area contributed by atoms with E-state index in [1.54, 1.807) is 0 Å². The number of carbonyl (C=O) groups is 1. The van der Waals surface area contributed by atoms with Crippen LogP contribution < -0.4 is 11.1 Å². The zero-order valence-corrected chi connectivity index (χ0v) is 18.2. The number of para-hydroxylation sites is 1. The SMILES string of the molecule is Cc1cc(C(=O)CSC(C)c2nc(N)nc(Nc3ccccc3)n2)c(C)n1C1CC1. The highest BCUT2D eigenvalue weighted by Gasteiger charge is 2.28. The molecule has 0 spiro atoms. The summed E-state index contributed by atoms with van der Waals surface area (Å²) in [5.41, 5.74) is 9.82. The molecule has 1 aromatic carbocycles. The van der Waals surface area contributed by atoms with Crippen molar-refractivity contribution in [1.29, 1.82) is 0 Å². The minimum atomic E-state index is -0.0949. The van der Waals surface area contributed by atoms with Crippen LogP contribution in [0.15, 0.2) is 36.4 Å². The molecule has 7 nitrogen and oxygen atoms in total. The molecule has 1 aliphatic carbocycles. The predicted molar refractivity (Wildman–Crippen MR) is 121 cm³/mol. The highest BCUT2D eigenvalue weighted by atomic mass is 32.2. The van der Waals surface area contributed by atoms with Gasteiger partial charge in [0.25, 0.3) is 0 Å². The van der Waals surface area contributed by atoms with E-state index >= 15 is 0 Å². The topological polar surface area (TPSA) is 98.7 Å². The van der Waals surface area contributed by atoms with Crippen LogP contribution in [0.2, 0.25) is 0 Å². The van der Waals surface area contributed by atoms with E-state index in [4.69, 9.17) is 5.73 Å². The molecule has 30 heavy (non-hydrogen) atoms. The van der Waals surface area contributed by atoms with Crippen molar-refractivity contribution >= 4 is 35.1 Å². The van der Waals surface area contributed by atoms with Crippen LogP contribution in [0.1, 0.15) is 58.6 Å². The number of nitrogens with zero attached hydrogens (tertiary/aromatic N) is 4. The number of hydrogen-bond acceptors (Lipinski definition) is 7. The number of aromatic nitrogens is 4. The number of nitrogens with one attached hydrogen (secondary N) is 1. The number of hydrogen-bond donors (Lipinski definition) is 2. The molecule has 156 valence electrons. The lowest BCUT2D eigenvalue weighted by atomic mass is 10.2. The first-order valence-electron chi connectivity index (χ1n) is 10.1. The lowest BCUT2D eigenvalue weighted by Gasteiger charge is -2.12. The van der Waals surface area contributed by atoms with E-state index in [1.165, 1.54) is 30.3 Å². The van der Waals surface area contributed by atoms with Gasteiger partial charge in [0.2, 0.25) is 11.9 Å². The normalized spacial score (nSPS) is 14.5. The number of benzene rings is 1. The molecule has 0 amide bonds. The molecule has 1 unspecified atom stereocenters. The fourth-order valence-corrected chi connectivity index (χ4v) is 4.42. The average molecular weight is 423 g/mol. The molecule has 2 aromatic heterocycles. The smallest absolute Gasteiger partial charge is 0.232 e. The van der Waals surface area contributed by atoms with E-state index in [9.17, 15) is 4.79 Å². The lowest BCUT2D eigenvalue weighted by Crippen LogP contribution is -2.10. The van der Waals surface area contributed by atoms with Crippen LogP contribution in [-0.2, 0) is 0 Å². The third kappa shape index (κ3) is 4.48. The van der Waals surface area contributed by atoms with Gasteiger partial charge < -0.3 is 15.6 Å². The van der Waals surface area contributed by atoms with Gasteiger partial charge in [0, 0.05) is 28.7 Å². The maximum Gasteiger partial charge on any atom is 0.232 e. The second-order valence-electron chi connectivity index (χ2n) is 7.63. The van der Waals surface area contributed by atoms with E-state index < -0.39 is 0 Å². The van der Waals surface area contributed by atoms with Gasteiger partial charge in [0.15, 0.2) is 5.78 Å². The zero-order valence-electron chi connectivity index (χ0n) is 17.4. The van der Waals surface area contributed by atoms with Gasteiger partial charge in [-0.25, -0.2) is 0 Å². The highest BCUT2D eigenvalue weighted by molar-refractivity contribution is 8.00. The van der Waals surface area contributed by atoms with Gasteiger partial charge in [0.1, 0.15) is 5.82 Å². The Labute approximate surface area is 180 Å². The van der Waals surface area contributed by atoms with Gasteiger partial charge in [-0.05, 0) is 51.8 Å². The van der Waals surface area contributed by atoms with E-state index in [-0.39, 0.29) is 17.0 Å². The Bertz CT molecular complexity index is 1060. The minimum Gasteiger partial charge on any atom is -0.368 e. The minimum absolute atomic E-state index is 0.0949. The third-order valence-electron chi connectivity index (χ3n) is 5.22. The summed E-state index contributed by atoms with van der Waals surface area (Å²) in [5.74, 6) is 1.61. The predicted octanol–water partition coefficient (Wildman–Crippen LogP) is 4.63. The largest absolute Gasteiger partial charge is 0.368 e. The third-order valence-corrected chi connectivity index (χ3v) is 6.36. The molecule has 1 atom stereocenters. The Morgan fingerprint density at radius 2 is 1.97 bits per heavy atom. The number of nitrogen functional groups attached to an aromatic ring is 1. The molecule has 2 heterocycles. The Morgan fingerprint density at radius 3 is 2.67 bits per heavy atom. The molecule has 8 heteroatoms. The number of aryl methyl sites for hydroxylation is 1. The molecule has 1 aliphatic rings. The standard InChI is InChI=1S/C22H26N6OS/c1-13-11-18(14(2)28(13)17-9-10-17)19(29)12-30-15(3)20-25-21(23)27-22(26-20)24-16-7-5-4-6-8-16/h4-8,11,15,17H,9-10,12H2,1-3H3,(H3,23,24,25,26,27). The molecule has 1 saturated carbocycles. The van der Waals surface area contributed by atoms with Crippen molar-refractivity contribution in [2.45, 2.75) is 44.9 Å². The summed E-state index contributed by atoms with van der Waals surface area (Å²) in [6, 6.07) is 12.2. The summed E-state index contributed by atoms with van der Waals surface area (Å²) < 4.78 is 2.30. The molecule has 3 N–H and O–H groups in total. The summed E-state index contributed by atoms with van der Waals surface area (Å²) in [7, 11) is 0. The molecular weight excluding hydrogens is 396 g/mol. The first-order chi connectivity index (χ1) is 14.4. The van der Waals surface area contributed by atoms with Crippen LogP contribution in [0, 0.1) is 13.8 Å². The van der Waals surface area contributed by atoms with Crippen LogP contribution >= 0.6 is 11.8 Å². The second kappa shape index (κ2) is 8.47.